The molecule has 5 heteroatoms. The van der Waals surface area contributed by atoms with Crippen LogP contribution in [0.15, 0.2) is 41.4 Å². The lowest BCUT2D eigenvalue weighted by Gasteiger charge is -2.14. The summed E-state index contributed by atoms with van der Waals surface area (Å²) in [7, 11) is 0. The van der Waals surface area contributed by atoms with Gasteiger partial charge in [-0.15, -0.1) is 0 Å². The summed E-state index contributed by atoms with van der Waals surface area (Å²) in [5, 5.41) is 9.67. The van der Waals surface area contributed by atoms with Gasteiger partial charge >= 0.3 is 0 Å². The van der Waals surface area contributed by atoms with Gasteiger partial charge in [0.25, 0.3) is 0 Å². The van der Waals surface area contributed by atoms with Crippen LogP contribution in [0.25, 0.3) is 0 Å². The highest BCUT2D eigenvalue weighted by molar-refractivity contribution is 9.10. The van der Waals surface area contributed by atoms with E-state index in [9.17, 15) is 5.11 Å². The summed E-state index contributed by atoms with van der Waals surface area (Å²) in [5.41, 5.74) is 0.795. The van der Waals surface area contributed by atoms with Gasteiger partial charge in [0.2, 0.25) is 0 Å². The quantitative estimate of drug-likeness (QED) is 0.923. The van der Waals surface area contributed by atoms with Crippen molar-refractivity contribution in [2.45, 2.75) is 19.6 Å². The summed E-state index contributed by atoms with van der Waals surface area (Å²) in [6.07, 6.45) is 4.83. The van der Waals surface area contributed by atoms with E-state index in [1.54, 1.807) is 19.4 Å². The Morgan fingerprint density at radius 2 is 2.33 bits per heavy atom. The van der Waals surface area contributed by atoms with Crippen LogP contribution in [0.2, 0.25) is 0 Å². The van der Waals surface area contributed by atoms with Crippen molar-refractivity contribution < 1.29 is 9.84 Å². The van der Waals surface area contributed by atoms with Crippen molar-refractivity contribution >= 4 is 15.9 Å². The number of rotatable bonds is 5. The van der Waals surface area contributed by atoms with Crippen molar-refractivity contribution in [2.75, 3.05) is 6.61 Å². The van der Waals surface area contributed by atoms with Crippen LogP contribution in [0.5, 0.6) is 5.75 Å². The molecule has 1 heterocycles. The number of hydrogen-bond acceptors (Lipinski definition) is 3. The van der Waals surface area contributed by atoms with E-state index < -0.39 is 6.10 Å². The Morgan fingerprint density at radius 3 is 3.00 bits per heavy atom. The van der Waals surface area contributed by atoms with Gasteiger partial charge in [-0.2, -0.15) is 0 Å². The number of ether oxygens (including phenoxy) is 1. The molecule has 0 aliphatic heterocycles. The Hall–Kier alpha value is -1.33. The topological polar surface area (TPSA) is 47.3 Å². The van der Waals surface area contributed by atoms with Gasteiger partial charge in [-0.3, -0.25) is 0 Å². The first kappa shape index (κ1) is 13.1. The zero-order chi connectivity index (χ0) is 13.0. The standard InChI is InChI=1S/C13H15BrN2O2/c1-10(17)12-3-2-11(14)8-13(12)18-7-6-16-5-4-15-9-16/h2-5,8-10,17H,6-7H2,1H3. The van der Waals surface area contributed by atoms with E-state index in [0.717, 1.165) is 16.6 Å². The Bertz CT molecular complexity index is 498. The highest BCUT2D eigenvalue weighted by Gasteiger charge is 2.09. The largest absolute Gasteiger partial charge is 0.491 e. The van der Waals surface area contributed by atoms with E-state index in [2.05, 4.69) is 20.9 Å². The molecule has 0 fully saturated rings. The number of nitrogens with zero attached hydrogens (tertiary/aromatic N) is 2. The molecule has 18 heavy (non-hydrogen) atoms. The second-order valence-electron chi connectivity index (χ2n) is 4.01. The minimum Gasteiger partial charge on any atom is -0.491 e. The van der Waals surface area contributed by atoms with Gasteiger partial charge in [-0.25, -0.2) is 4.98 Å². The third-order valence-electron chi connectivity index (χ3n) is 2.59. The first-order chi connectivity index (χ1) is 8.66. The number of hydrogen-bond donors (Lipinski definition) is 1. The van der Waals surface area contributed by atoms with E-state index in [0.29, 0.717) is 12.4 Å². The predicted octanol–water partition coefficient (Wildman–Crippen LogP) is 2.78. The molecular formula is C13H15BrN2O2. The van der Waals surface area contributed by atoms with Gasteiger partial charge in [0.1, 0.15) is 12.4 Å². The predicted molar refractivity (Wildman–Crippen MR) is 72.5 cm³/mol. The summed E-state index contributed by atoms with van der Waals surface area (Å²) >= 11 is 3.40. The van der Waals surface area contributed by atoms with Crippen molar-refractivity contribution in [3.8, 4) is 5.75 Å². The average Bonchev–Trinajstić information content (AvgIpc) is 2.82. The monoisotopic (exact) mass is 310 g/mol. The Morgan fingerprint density at radius 1 is 1.50 bits per heavy atom. The molecule has 0 saturated heterocycles. The third kappa shape index (κ3) is 3.34. The van der Waals surface area contributed by atoms with Crippen LogP contribution >= 0.6 is 15.9 Å². The fraction of sp³-hybridized carbons (Fsp3) is 0.308. The van der Waals surface area contributed by atoms with Crippen LogP contribution in [0, 0.1) is 0 Å². The molecular weight excluding hydrogens is 296 g/mol. The summed E-state index contributed by atoms with van der Waals surface area (Å²) < 4.78 is 8.59. The SMILES string of the molecule is CC(O)c1ccc(Br)cc1OCCn1ccnc1. The van der Waals surface area contributed by atoms with E-state index in [1.165, 1.54) is 0 Å². The molecule has 0 aliphatic rings. The maximum atomic E-state index is 9.67. The Labute approximate surface area is 114 Å². The van der Waals surface area contributed by atoms with Gasteiger partial charge in [0, 0.05) is 22.4 Å². The molecule has 1 aromatic carbocycles. The van der Waals surface area contributed by atoms with Gasteiger partial charge < -0.3 is 14.4 Å². The fourth-order valence-corrected chi connectivity index (χ4v) is 2.00. The maximum absolute atomic E-state index is 9.67. The Balaban J connectivity index is 2.01. The lowest BCUT2D eigenvalue weighted by atomic mass is 10.1. The molecule has 0 saturated carbocycles. The zero-order valence-corrected chi connectivity index (χ0v) is 11.7. The number of benzene rings is 1. The van der Waals surface area contributed by atoms with Crippen molar-refractivity contribution in [2.24, 2.45) is 0 Å². The van der Waals surface area contributed by atoms with Crippen molar-refractivity contribution in [1.29, 1.82) is 0 Å². The molecule has 0 spiro atoms. The van der Waals surface area contributed by atoms with Crippen LogP contribution in [0.1, 0.15) is 18.6 Å². The number of aliphatic hydroxyl groups excluding tert-OH is 1. The minimum absolute atomic E-state index is 0.534. The van der Waals surface area contributed by atoms with Crippen LogP contribution in [0.4, 0.5) is 0 Å². The highest BCUT2D eigenvalue weighted by Crippen LogP contribution is 2.28. The normalized spacial score (nSPS) is 12.4. The molecule has 2 rings (SSSR count). The van der Waals surface area contributed by atoms with Gasteiger partial charge in [-0.05, 0) is 19.1 Å². The molecule has 1 unspecified atom stereocenters. The lowest BCUT2D eigenvalue weighted by molar-refractivity contribution is 0.190. The van der Waals surface area contributed by atoms with E-state index in [-0.39, 0.29) is 0 Å². The lowest BCUT2D eigenvalue weighted by Crippen LogP contribution is -2.08. The first-order valence-electron chi connectivity index (χ1n) is 5.73. The van der Waals surface area contributed by atoms with Crippen molar-refractivity contribution in [1.82, 2.24) is 9.55 Å². The number of aromatic nitrogens is 2. The number of halogens is 1. The van der Waals surface area contributed by atoms with E-state index in [1.807, 2.05) is 29.0 Å². The summed E-state index contributed by atoms with van der Waals surface area (Å²) in [6.45, 7) is 2.99. The smallest absolute Gasteiger partial charge is 0.126 e. The van der Waals surface area contributed by atoms with Crippen LogP contribution in [-0.2, 0) is 6.54 Å². The molecule has 1 aromatic heterocycles. The van der Waals surface area contributed by atoms with Gasteiger partial charge in [0.05, 0.1) is 19.0 Å². The summed E-state index contributed by atoms with van der Waals surface area (Å²) in [6, 6.07) is 5.63. The van der Waals surface area contributed by atoms with Crippen LogP contribution < -0.4 is 4.74 Å². The molecule has 4 nitrogen and oxygen atoms in total. The molecule has 1 atom stereocenters. The van der Waals surface area contributed by atoms with Gasteiger partial charge in [0.15, 0.2) is 0 Å². The summed E-state index contributed by atoms with van der Waals surface area (Å²) in [5.74, 6) is 0.708. The van der Waals surface area contributed by atoms with Crippen molar-refractivity contribution in [3.63, 3.8) is 0 Å². The zero-order valence-electron chi connectivity index (χ0n) is 10.1. The second kappa shape index (κ2) is 6.02. The molecule has 0 bridgehead atoms. The molecule has 2 aromatic rings. The molecule has 1 N–H and O–H groups in total. The Kier molecular flexibility index (Phi) is 4.38. The molecule has 0 radical (unpaired) electrons. The third-order valence-corrected chi connectivity index (χ3v) is 3.09. The number of aliphatic hydroxyl groups is 1. The minimum atomic E-state index is -0.540. The van der Waals surface area contributed by atoms with Crippen LogP contribution in [-0.4, -0.2) is 21.3 Å². The second-order valence-corrected chi connectivity index (χ2v) is 4.92. The van der Waals surface area contributed by atoms with E-state index in [4.69, 9.17) is 4.74 Å². The molecule has 96 valence electrons. The van der Waals surface area contributed by atoms with Crippen molar-refractivity contribution in [3.05, 3.63) is 47.0 Å². The molecule has 0 amide bonds. The first-order valence-corrected chi connectivity index (χ1v) is 6.52. The average molecular weight is 311 g/mol. The number of imidazole rings is 1. The van der Waals surface area contributed by atoms with E-state index >= 15 is 0 Å². The fourth-order valence-electron chi connectivity index (χ4n) is 1.66. The molecule has 0 aliphatic carbocycles. The van der Waals surface area contributed by atoms with Gasteiger partial charge in [-0.1, -0.05) is 22.0 Å². The maximum Gasteiger partial charge on any atom is 0.126 e. The highest BCUT2D eigenvalue weighted by atomic mass is 79.9. The van der Waals surface area contributed by atoms with Crippen LogP contribution in [0.3, 0.4) is 0 Å². The summed E-state index contributed by atoms with van der Waals surface area (Å²) in [4.78, 5) is 3.97.